The number of sulfonamides is 1. The van der Waals surface area contributed by atoms with E-state index in [1.165, 1.54) is 11.7 Å². The summed E-state index contributed by atoms with van der Waals surface area (Å²) in [7, 11) is -0.791. The van der Waals surface area contributed by atoms with E-state index in [0.29, 0.717) is 5.69 Å². The Kier molecular flexibility index (Phi) is 3.26. The number of aromatic nitrogens is 5. The van der Waals surface area contributed by atoms with Gasteiger partial charge in [0, 0.05) is 14.1 Å². The maximum absolute atomic E-state index is 12.3. The first-order valence-corrected chi connectivity index (χ1v) is 7.38. The number of anilines is 2. The molecule has 9 nitrogen and oxygen atoms in total. The second kappa shape index (κ2) is 4.49. The number of nitrogen functional groups attached to an aromatic ring is 1. The molecule has 0 aliphatic heterocycles. The van der Waals surface area contributed by atoms with Crippen molar-refractivity contribution in [1.29, 1.82) is 0 Å². The zero-order valence-electron chi connectivity index (χ0n) is 10.4. The Balaban J connectivity index is 2.48. The van der Waals surface area contributed by atoms with Crippen molar-refractivity contribution in [2.24, 2.45) is 14.1 Å². The molecular formula is C8H12BrN7O2S. The molecule has 2 aromatic rings. The zero-order chi connectivity index (χ0) is 14.4. The summed E-state index contributed by atoms with van der Waals surface area (Å²) in [6.45, 7) is 1.69. The summed E-state index contributed by atoms with van der Waals surface area (Å²) >= 11 is 3.04. The normalized spacial score (nSPS) is 11.8. The summed E-state index contributed by atoms with van der Waals surface area (Å²) in [5.74, 6) is 0.200. The lowest BCUT2D eigenvalue weighted by Crippen LogP contribution is -2.19. The second-order valence-corrected chi connectivity index (χ2v) is 6.23. The molecule has 0 saturated carbocycles. The number of rotatable bonds is 3. The van der Waals surface area contributed by atoms with E-state index in [-0.39, 0.29) is 21.1 Å². The lowest BCUT2D eigenvalue weighted by molar-refractivity contribution is 0.578. The monoisotopic (exact) mass is 349 g/mol. The van der Waals surface area contributed by atoms with Gasteiger partial charge in [0.15, 0.2) is 10.4 Å². The number of aryl methyl sites for hydroxylation is 3. The van der Waals surface area contributed by atoms with E-state index >= 15 is 0 Å². The van der Waals surface area contributed by atoms with Crippen LogP contribution in [-0.2, 0) is 24.1 Å². The fourth-order valence-electron chi connectivity index (χ4n) is 1.58. The van der Waals surface area contributed by atoms with Crippen LogP contribution in [0.3, 0.4) is 0 Å². The summed E-state index contributed by atoms with van der Waals surface area (Å²) in [4.78, 5) is 0. The molecule has 0 amide bonds. The Morgan fingerprint density at radius 1 is 1.32 bits per heavy atom. The first-order chi connectivity index (χ1) is 8.74. The minimum absolute atomic E-state index is 0.0919. The van der Waals surface area contributed by atoms with Crippen LogP contribution in [0.25, 0.3) is 0 Å². The van der Waals surface area contributed by atoms with E-state index in [2.05, 4.69) is 36.1 Å². The molecule has 0 aromatic carbocycles. The van der Waals surface area contributed by atoms with Crippen molar-refractivity contribution in [3.63, 3.8) is 0 Å². The average molecular weight is 350 g/mol. The molecule has 104 valence electrons. The molecule has 0 spiro atoms. The standard InChI is InChI=1S/C8H12BrN7O2S/c1-4-5(10)7(15(2)12-4)13-19(17,18)8-6(9)11-14-16(8)3/h13H,10H2,1-3H3. The maximum Gasteiger partial charge on any atom is 0.283 e. The molecule has 19 heavy (non-hydrogen) atoms. The molecule has 11 heteroatoms. The predicted molar refractivity (Wildman–Crippen MR) is 71.9 cm³/mol. The first-order valence-electron chi connectivity index (χ1n) is 5.11. The maximum atomic E-state index is 12.3. The largest absolute Gasteiger partial charge is 0.394 e. The molecule has 0 aliphatic rings. The van der Waals surface area contributed by atoms with E-state index in [1.54, 1.807) is 14.0 Å². The molecule has 0 fully saturated rings. The minimum atomic E-state index is -3.86. The Bertz CT molecular complexity index is 713. The van der Waals surface area contributed by atoms with E-state index in [9.17, 15) is 8.42 Å². The van der Waals surface area contributed by atoms with Gasteiger partial charge in [-0.05, 0) is 22.9 Å². The Morgan fingerprint density at radius 3 is 2.37 bits per heavy atom. The number of nitrogens with two attached hydrogens (primary N) is 1. The molecule has 0 radical (unpaired) electrons. The van der Waals surface area contributed by atoms with E-state index < -0.39 is 10.0 Å². The Hall–Kier alpha value is -1.62. The van der Waals surface area contributed by atoms with Gasteiger partial charge < -0.3 is 5.73 Å². The van der Waals surface area contributed by atoms with E-state index in [4.69, 9.17) is 5.73 Å². The smallest absolute Gasteiger partial charge is 0.283 e. The fourth-order valence-corrected chi connectivity index (χ4v) is 3.79. The van der Waals surface area contributed by atoms with Gasteiger partial charge in [0.25, 0.3) is 10.0 Å². The number of hydrogen-bond acceptors (Lipinski definition) is 6. The first kappa shape index (κ1) is 13.8. The third-order valence-corrected chi connectivity index (χ3v) is 4.72. The zero-order valence-corrected chi connectivity index (χ0v) is 12.8. The van der Waals surface area contributed by atoms with Gasteiger partial charge in [0.2, 0.25) is 5.03 Å². The van der Waals surface area contributed by atoms with Gasteiger partial charge in [0.1, 0.15) is 0 Å². The van der Waals surface area contributed by atoms with Crippen LogP contribution in [0, 0.1) is 6.92 Å². The van der Waals surface area contributed by atoms with Crippen LogP contribution < -0.4 is 10.5 Å². The van der Waals surface area contributed by atoms with Gasteiger partial charge >= 0.3 is 0 Å². The molecule has 0 saturated heterocycles. The Morgan fingerprint density at radius 2 is 1.95 bits per heavy atom. The molecule has 0 bridgehead atoms. The average Bonchev–Trinajstić information content (AvgIpc) is 2.74. The SMILES string of the molecule is Cc1nn(C)c(NS(=O)(=O)c2c(Br)nnn2C)c1N. The molecule has 2 rings (SSSR count). The van der Waals surface area contributed by atoms with Gasteiger partial charge in [-0.3, -0.25) is 4.72 Å². The van der Waals surface area contributed by atoms with Crippen LogP contribution in [0.4, 0.5) is 11.5 Å². The number of halogens is 1. The third-order valence-electron chi connectivity index (χ3n) is 2.49. The molecule has 3 N–H and O–H groups in total. The minimum Gasteiger partial charge on any atom is -0.394 e. The summed E-state index contributed by atoms with van der Waals surface area (Å²) in [6.07, 6.45) is 0. The van der Waals surface area contributed by atoms with Crippen LogP contribution in [-0.4, -0.2) is 33.2 Å². The van der Waals surface area contributed by atoms with Gasteiger partial charge in [-0.2, -0.15) is 13.5 Å². The summed E-state index contributed by atoms with van der Waals surface area (Å²) in [5.41, 5.74) is 6.60. The highest BCUT2D eigenvalue weighted by Crippen LogP contribution is 2.26. The van der Waals surface area contributed by atoms with Crippen LogP contribution in [0.2, 0.25) is 0 Å². The molecule has 2 heterocycles. The van der Waals surface area contributed by atoms with Crippen LogP contribution >= 0.6 is 15.9 Å². The summed E-state index contributed by atoms with van der Waals surface area (Å²) in [5, 5.41) is 11.2. The van der Waals surface area contributed by atoms with Crippen LogP contribution in [0.5, 0.6) is 0 Å². The van der Waals surface area contributed by atoms with Gasteiger partial charge in [-0.25, -0.2) is 9.36 Å². The van der Waals surface area contributed by atoms with Crippen molar-refractivity contribution in [3.8, 4) is 0 Å². The Labute approximate surface area is 118 Å². The topological polar surface area (TPSA) is 121 Å². The molecular weight excluding hydrogens is 338 g/mol. The lowest BCUT2D eigenvalue weighted by atomic mass is 10.4. The summed E-state index contributed by atoms with van der Waals surface area (Å²) < 4.78 is 29.6. The van der Waals surface area contributed by atoms with Crippen LogP contribution in [0.15, 0.2) is 9.63 Å². The van der Waals surface area contributed by atoms with Gasteiger partial charge in [-0.1, -0.05) is 5.21 Å². The van der Waals surface area contributed by atoms with Crippen molar-refractivity contribution >= 4 is 37.5 Å². The molecule has 0 aliphatic carbocycles. The van der Waals surface area contributed by atoms with Crippen molar-refractivity contribution in [3.05, 3.63) is 10.3 Å². The van der Waals surface area contributed by atoms with E-state index in [0.717, 1.165) is 4.68 Å². The lowest BCUT2D eigenvalue weighted by Gasteiger charge is -2.08. The summed E-state index contributed by atoms with van der Waals surface area (Å²) in [6, 6.07) is 0. The highest BCUT2D eigenvalue weighted by Gasteiger charge is 2.26. The van der Waals surface area contributed by atoms with Crippen molar-refractivity contribution in [2.45, 2.75) is 11.9 Å². The van der Waals surface area contributed by atoms with Crippen molar-refractivity contribution in [1.82, 2.24) is 24.8 Å². The van der Waals surface area contributed by atoms with Gasteiger partial charge in [-0.15, -0.1) is 5.10 Å². The number of nitrogens with one attached hydrogen (secondary N) is 1. The quantitative estimate of drug-likeness (QED) is 0.804. The molecule has 2 aromatic heterocycles. The molecule has 0 unspecified atom stereocenters. The van der Waals surface area contributed by atoms with E-state index in [1.807, 2.05) is 0 Å². The predicted octanol–water partition coefficient (Wildman–Crippen LogP) is 0.00252. The number of nitrogens with zero attached hydrogens (tertiary/aromatic N) is 5. The third kappa shape index (κ3) is 2.30. The van der Waals surface area contributed by atoms with Crippen molar-refractivity contribution < 1.29 is 8.42 Å². The molecule has 0 atom stereocenters. The second-order valence-electron chi connectivity index (χ2n) is 3.89. The highest BCUT2D eigenvalue weighted by atomic mass is 79.9. The van der Waals surface area contributed by atoms with Crippen LogP contribution in [0.1, 0.15) is 5.69 Å². The van der Waals surface area contributed by atoms with Gasteiger partial charge in [0.05, 0.1) is 11.4 Å². The fraction of sp³-hybridized carbons (Fsp3) is 0.375. The number of hydrogen-bond donors (Lipinski definition) is 2. The van der Waals surface area contributed by atoms with Crippen molar-refractivity contribution in [2.75, 3.05) is 10.5 Å². The highest BCUT2D eigenvalue weighted by molar-refractivity contribution is 9.10.